The standard InChI is InChI=1S/C18H21N3O3/c1-13-4-6-21(7-5-13)11-15(9-19)18(22)20-10-14-2-3-16-17(8-14)24-12-23-16/h2-3,8,11,13H,4-7,10,12H2,1H3,(H,20,22)/b15-11-. The molecule has 0 aromatic heterocycles. The molecule has 2 aliphatic heterocycles. The van der Waals surface area contributed by atoms with Crippen LogP contribution < -0.4 is 14.8 Å². The molecule has 0 atom stereocenters. The Balaban J connectivity index is 1.58. The maximum Gasteiger partial charge on any atom is 0.263 e. The molecule has 1 amide bonds. The number of rotatable bonds is 4. The maximum absolute atomic E-state index is 12.2. The second kappa shape index (κ2) is 7.26. The van der Waals surface area contributed by atoms with Gasteiger partial charge in [-0.25, -0.2) is 0 Å². The van der Waals surface area contributed by atoms with E-state index in [9.17, 15) is 10.1 Å². The molecule has 126 valence electrons. The van der Waals surface area contributed by atoms with Gasteiger partial charge in [-0.15, -0.1) is 0 Å². The van der Waals surface area contributed by atoms with Crippen molar-refractivity contribution in [2.24, 2.45) is 5.92 Å². The van der Waals surface area contributed by atoms with E-state index in [1.54, 1.807) is 6.20 Å². The van der Waals surface area contributed by atoms with E-state index < -0.39 is 0 Å². The zero-order valence-corrected chi connectivity index (χ0v) is 13.7. The number of nitriles is 1. The zero-order chi connectivity index (χ0) is 16.9. The molecule has 2 aliphatic rings. The minimum Gasteiger partial charge on any atom is -0.454 e. The van der Waals surface area contributed by atoms with Crippen molar-refractivity contribution in [2.45, 2.75) is 26.3 Å². The second-order valence-electron chi connectivity index (χ2n) is 6.24. The van der Waals surface area contributed by atoms with Crippen molar-refractivity contribution in [3.05, 3.63) is 35.5 Å². The zero-order valence-electron chi connectivity index (χ0n) is 13.7. The first-order valence-corrected chi connectivity index (χ1v) is 8.18. The SMILES string of the molecule is CC1CCN(/C=C(/C#N)C(=O)NCc2ccc3c(c2)OCO3)CC1. The number of nitrogens with one attached hydrogen (secondary N) is 1. The quantitative estimate of drug-likeness (QED) is 0.678. The fraction of sp³-hybridized carbons (Fsp3) is 0.444. The summed E-state index contributed by atoms with van der Waals surface area (Å²) in [5.74, 6) is 1.75. The Morgan fingerprint density at radius 1 is 1.38 bits per heavy atom. The van der Waals surface area contributed by atoms with Crippen molar-refractivity contribution >= 4 is 5.91 Å². The predicted molar refractivity (Wildman–Crippen MR) is 88.1 cm³/mol. The molecule has 0 aliphatic carbocycles. The molecular weight excluding hydrogens is 306 g/mol. The summed E-state index contributed by atoms with van der Waals surface area (Å²) >= 11 is 0. The van der Waals surface area contributed by atoms with Crippen molar-refractivity contribution in [3.63, 3.8) is 0 Å². The van der Waals surface area contributed by atoms with Crippen molar-refractivity contribution in [1.82, 2.24) is 10.2 Å². The van der Waals surface area contributed by atoms with Crippen molar-refractivity contribution < 1.29 is 14.3 Å². The summed E-state index contributed by atoms with van der Waals surface area (Å²) in [5, 5.41) is 12.0. The lowest BCUT2D eigenvalue weighted by Crippen LogP contribution is -2.31. The summed E-state index contributed by atoms with van der Waals surface area (Å²) in [6.45, 7) is 4.57. The molecule has 0 unspecified atom stereocenters. The Morgan fingerprint density at radius 2 is 2.12 bits per heavy atom. The van der Waals surface area contributed by atoms with E-state index in [-0.39, 0.29) is 18.3 Å². The number of nitrogens with zero attached hydrogens (tertiary/aromatic N) is 2. The van der Waals surface area contributed by atoms with Gasteiger partial charge in [-0.05, 0) is 36.5 Å². The summed E-state index contributed by atoms with van der Waals surface area (Å²) < 4.78 is 10.6. The van der Waals surface area contributed by atoms with Gasteiger partial charge in [-0.1, -0.05) is 13.0 Å². The molecule has 24 heavy (non-hydrogen) atoms. The van der Waals surface area contributed by atoms with Crippen LogP contribution in [-0.4, -0.2) is 30.7 Å². The fourth-order valence-electron chi connectivity index (χ4n) is 2.81. The largest absolute Gasteiger partial charge is 0.454 e. The maximum atomic E-state index is 12.2. The predicted octanol–water partition coefficient (Wildman–Crippen LogP) is 2.17. The molecule has 0 saturated carbocycles. The number of likely N-dealkylation sites (tertiary alicyclic amines) is 1. The molecule has 6 nitrogen and oxygen atoms in total. The van der Waals surface area contributed by atoms with E-state index in [0.717, 1.165) is 31.5 Å². The third kappa shape index (κ3) is 3.80. The number of benzene rings is 1. The fourth-order valence-corrected chi connectivity index (χ4v) is 2.81. The van der Waals surface area contributed by atoms with Crippen molar-refractivity contribution in [2.75, 3.05) is 19.9 Å². The number of hydrogen-bond acceptors (Lipinski definition) is 5. The highest BCUT2D eigenvalue weighted by molar-refractivity contribution is 5.97. The van der Waals surface area contributed by atoms with Gasteiger partial charge in [0.15, 0.2) is 11.5 Å². The molecule has 3 rings (SSSR count). The number of carbonyl (C=O) groups excluding carboxylic acids is 1. The lowest BCUT2D eigenvalue weighted by molar-refractivity contribution is -0.117. The van der Waals surface area contributed by atoms with Crippen LogP contribution in [-0.2, 0) is 11.3 Å². The van der Waals surface area contributed by atoms with Crippen LogP contribution in [0.2, 0.25) is 0 Å². The highest BCUT2D eigenvalue weighted by atomic mass is 16.7. The van der Waals surface area contributed by atoms with Crippen LogP contribution in [0.3, 0.4) is 0 Å². The number of fused-ring (bicyclic) bond motifs is 1. The monoisotopic (exact) mass is 327 g/mol. The Kier molecular flexibility index (Phi) is 4.90. The molecule has 1 saturated heterocycles. The van der Waals surface area contributed by atoms with E-state index >= 15 is 0 Å². The summed E-state index contributed by atoms with van der Waals surface area (Å²) in [6, 6.07) is 7.53. The lowest BCUT2D eigenvalue weighted by Gasteiger charge is -2.29. The number of piperidine rings is 1. The molecule has 1 aromatic carbocycles. The molecule has 0 spiro atoms. The van der Waals surface area contributed by atoms with Gasteiger partial charge in [0.1, 0.15) is 11.6 Å². The first kappa shape index (κ1) is 16.2. The Bertz CT molecular complexity index is 685. The average molecular weight is 327 g/mol. The van der Waals surface area contributed by atoms with Gasteiger partial charge in [0.05, 0.1) is 0 Å². The van der Waals surface area contributed by atoms with Crippen LogP contribution in [0, 0.1) is 17.2 Å². The van der Waals surface area contributed by atoms with Gasteiger partial charge in [-0.2, -0.15) is 5.26 Å². The highest BCUT2D eigenvalue weighted by Crippen LogP contribution is 2.32. The van der Waals surface area contributed by atoms with Crippen LogP contribution in [0.15, 0.2) is 30.0 Å². The summed E-state index contributed by atoms with van der Waals surface area (Å²) in [4.78, 5) is 14.3. The molecule has 1 aromatic rings. The van der Waals surface area contributed by atoms with Gasteiger partial charge in [0.25, 0.3) is 5.91 Å². The normalized spacial score (nSPS) is 17.5. The van der Waals surface area contributed by atoms with Gasteiger partial charge >= 0.3 is 0 Å². The highest BCUT2D eigenvalue weighted by Gasteiger charge is 2.17. The van der Waals surface area contributed by atoms with Crippen LogP contribution in [0.1, 0.15) is 25.3 Å². The first-order valence-electron chi connectivity index (χ1n) is 8.18. The van der Waals surface area contributed by atoms with E-state index in [1.165, 1.54) is 0 Å². The van der Waals surface area contributed by atoms with Crippen LogP contribution in [0.4, 0.5) is 0 Å². The Hall–Kier alpha value is -2.68. The number of amides is 1. The van der Waals surface area contributed by atoms with Crippen LogP contribution in [0.25, 0.3) is 0 Å². The number of carbonyl (C=O) groups is 1. The van der Waals surface area contributed by atoms with E-state index in [1.807, 2.05) is 24.3 Å². The Labute approximate surface area is 141 Å². The summed E-state index contributed by atoms with van der Waals surface area (Å²) in [6.07, 6.45) is 3.86. The number of ether oxygens (including phenoxy) is 2. The lowest BCUT2D eigenvalue weighted by atomic mass is 9.99. The van der Waals surface area contributed by atoms with Crippen LogP contribution >= 0.6 is 0 Å². The molecule has 1 fully saturated rings. The average Bonchev–Trinajstić information content (AvgIpc) is 3.07. The summed E-state index contributed by atoms with van der Waals surface area (Å²) in [7, 11) is 0. The number of hydrogen-bond donors (Lipinski definition) is 1. The smallest absolute Gasteiger partial charge is 0.263 e. The van der Waals surface area contributed by atoms with Gasteiger partial charge in [0, 0.05) is 25.8 Å². The van der Waals surface area contributed by atoms with Crippen molar-refractivity contribution in [1.29, 1.82) is 5.26 Å². The second-order valence-corrected chi connectivity index (χ2v) is 6.24. The topological polar surface area (TPSA) is 74.6 Å². The minimum absolute atomic E-state index is 0.144. The van der Waals surface area contributed by atoms with Crippen molar-refractivity contribution in [3.8, 4) is 17.6 Å². The molecule has 0 bridgehead atoms. The molecule has 0 radical (unpaired) electrons. The minimum atomic E-state index is -0.353. The third-order valence-corrected chi connectivity index (χ3v) is 4.39. The first-order chi connectivity index (χ1) is 11.7. The van der Waals surface area contributed by atoms with E-state index in [2.05, 4.69) is 17.1 Å². The summed E-state index contributed by atoms with van der Waals surface area (Å²) in [5.41, 5.74) is 1.04. The molecule has 1 N–H and O–H groups in total. The third-order valence-electron chi connectivity index (χ3n) is 4.39. The van der Waals surface area contributed by atoms with E-state index in [4.69, 9.17) is 9.47 Å². The van der Waals surface area contributed by atoms with Gasteiger partial charge in [-0.3, -0.25) is 4.79 Å². The molecular formula is C18H21N3O3. The molecule has 2 heterocycles. The van der Waals surface area contributed by atoms with Gasteiger partial charge < -0.3 is 19.7 Å². The Morgan fingerprint density at radius 3 is 2.88 bits per heavy atom. The van der Waals surface area contributed by atoms with E-state index in [0.29, 0.717) is 24.0 Å². The van der Waals surface area contributed by atoms with Gasteiger partial charge in [0.2, 0.25) is 6.79 Å². The molecule has 6 heteroatoms. The van der Waals surface area contributed by atoms with Crippen LogP contribution in [0.5, 0.6) is 11.5 Å².